The van der Waals surface area contributed by atoms with Gasteiger partial charge in [-0.05, 0) is 5.41 Å². The molecule has 1 aliphatic rings. The van der Waals surface area contributed by atoms with Gasteiger partial charge < -0.3 is 0 Å². The second kappa shape index (κ2) is 4.03. The first kappa shape index (κ1) is 10.9. The quantitative estimate of drug-likeness (QED) is 0.588. The summed E-state index contributed by atoms with van der Waals surface area (Å²) >= 11 is 0. The first-order valence-corrected chi connectivity index (χ1v) is 3.38. The molecule has 1 aliphatic carbocycles. The van der Waals surface area contributed by atoms with Crippen LogP contribution < -0.4 is 0 Å². The van der Waals surface area contributed by atoms with E-state index in [2.05, 4.69) is 39.0 Å². The standard InChI is InChI=1S/C9H13.Ce/c1-9(2,3)8-6-4-5-7-8;/h4,6H,5H2,1-3H3;/q-1;. The molecule has 0 saturated heterocycles. The van der Waals surface area contributed by atoms with E-state index >= 15 is 0 Å². The van der Waals surface area contributed by atoms with Crippen LogP contribution in [0.25, 0.3) is 0 Å². The van der Waals surface area contributed by atoms with Crippen molar-refractivity contribution < 1.29 is 41.7 Å². The molecule has 10 heavy (non-hydrogen) atoms. The summed E-state index contributed by atoms with van der Waals surface area (Å²) in [5.74, 6) is 0. The van der Waals surface area contributed by atoms with E-state index in [4.69, 9.17) is 0 Å². The van der Waals surface area contributed by atoms with Gasteiger partial charge in [0.1, 0.15) is 0 Å². The second-order valence-corrected chi connectivity index (χ2v) is 3.45. The van der Waals surface area contributed by atoms with Crippen molar-refractivity contribution in [3.05, 3.63) is 23.8 Å². The van der Waals surface area contributed by atoms with Gasteiger partial charge in [0.2, 0.25) is 0 Å². The minimum absolute atomic E-state index is 0. The zero-order chi connectivity index (χ0) is 6.91. The van der Waals surface area contributed by atoms with Gasteiger partial charge in [0, 0.05) is 41.7 Å². The van der Waals surface area contributed by atoms with Crippen LogP contribution in [-0.2, 0) is 0 Å². The summed E-state index contributed by atoms with van der Waals surface area (Å²) < 4.78 is 0. The fraction of sp³-hybridized carbons (Fsp3) is 0.556. The summed E-state index contributed by atoms with van der Waals surface area (Å²) in [6, 6.07) is 0. The predicted octanol–water partition coefficient (Wildman–Crippen LogP) is 2.72. The fourth-order valence-corrected chi connectivity index (χ4v) is 0.920. The molecule has 1 rings (SSSR count). The van der Waals surface area contributed by atoms with Crippen molar-refractivity contribution in [2.75, 3.05) is 0 Å². The zero-order valence-electron chi connectivity index (χ0n) is 6.86. The minimum Gasteiger partial charge on any atom is -0.269 e. The number of rotatable bonds is 0. The third kappa shape index (κ3) is 2.85. The van der Waals surface area contributed by atoms with Gasteiger partial charge in [0.25, 0.3) is 0 Å². The van der Waals surface area contributed by atoms with Crippen molar-refractivity contribution in [1.82, 2.24) is 0 Å². The van der Waals surface area contributed by atoms with Crippen molar-refractivity contribution in [3.63, 3.8) is 0 Å². The molecule has 0 bridgehead atoms. The predicted molar refractivity (Wildman–Crippen MR) is 40.0 cm³/mol. The average molecular weight is 261 g/mol. The molecule has 0 atom stereocenters. The van der Waals surface area contributed by atoms with E-state index in [9.17, 15) is 0 Å². The molecule has 0 radical (unpaired) electrons. The van der Waals surface area contributed by atoms with Crippen LogP contribution >= 0.6 is 0 Å². The Balaban J connectivity index is 0.000000810. The van der Waals surface area contributed by atoms with Crippen LogP contribution in [0.2, 0.25) is 0 Å². The molecule has 0 spiro atoms. The molecule has 0 heterocycles. The molecule has 0 amide bonds. The van der Waals surface area contributed by atoms with Crippen LogP contribution in [0.1, 0.15) is 27.2 Å². The van der Waals surface area contributed by atoms with E-state index in [0.29, 0.717) is 5.41 Å². The number of hydrogen-bond donors (Lipinski definition) is 0. The zero-order valence-corrected chi connectivity index (χ0v) is 10.0. The normalized spacial score (nSPS) is 16.5. The van der Waals surface area contributed by atoms with Crippen molar-refractivity contribution in [1.29, 1.82) is 0 Å². The molecule has 0 aromatic rings. The molecule has 0 aromatic heterocycles. The Morgan fingerprint density at radius 3 is 2.20 bits per heavy atom. The topological polar surface area (TPSA) is 0 Å². The van der Waals surface area contributed by atoms with Gasteiger partial charge in [0.05, 0.1) is 0 Å². The Hall–Kier alpha value is 0.857. The van der Waals surface area contributed by atoms with Crippen molar-refractivity contribution in [2.24, 2.45) is 5.41 Å². The molecule has 1 heteroatoms. The molecular weight excluding hydrogens is 248 g/mol. The number of allylic oxidation sites excluding steroid dienone is 4. The van der Waals surface area contributed by atoms with E-state index in [1.807, 2.05) is 0 Å². The van der Waals surface area contributed by atoms with E-state index < -0.39 is 0 Å². The van der Waals surface area contributed by atoms with Gasteiger partial charge in [-0.25, -0.2) is 11.6 Å². The average Bonchev–Trinajstić information content (AvgIpc) is 2.08. The van der Waals surface area contributed by atoms with Crippen LogP contribution in [0.3, 0.4) is 0 Å². The molecule has 0 aromatic carbocycles. The van der Waals surface area contributed by atoms with Gasteiger partial charge in [-0.2, -0.15) is 6.08 Å². The third-order valence-corrected chi connectivity index (χ3v) is 1.50. The SMILES string of the molecule is CC(C)(C)C1=[C-]CC=C1.[Ce]. The molecular formula is C9H13Ce-. The number of hydrogen-bond acceptors (Lipinski definition) is 0. The van der Waals surface area contributed by atoms with E-state index in [0.717, 1.165) is 6.42 Å². The third-order valence-electron chi connectivity index (χ3n) is 1.50. The molecule has 0 fully saturated rings. The van der Waals surface area contributed by atoms with Crippen LogP contribution in [0.5, 0.6) is 0 Å². The summed E-state index contributed by atoms with van der Waals surface area (Å²) in [6.07, 6.45) is 8.63. The Morgan fingerprint density at radius 1 is 1.40 bits per heavy atom. The Kier molecular flexibility index (Phi) is 4.37. The van der Waals surface area contributed by atoms with Crippen molar-refractivity contribution in [2.45, 2.75) is 27.2 Å². The Bertz CT molecular complexity index is 158. The van der Waals surface area contributed by atoms with Gasteiger partial charge >= 0.3 is 0 Å². The maximum atomic E-state index is 3.30. The fourth-order valence-electron chi connectivity index (χ4n) is 0.920. The van der Waals surface area contributed by atoms with Crippen molar-refractivity contribution in [3.8, 4) is 0 Å². The van der Waals surface area contributed by atoms with Gasteiger partial charge in [-0.3, -0.25) is 6.08 Å². The largest absolute Gasteiger partial charge is 0.269 e. The van der Waals surface area contributed by atoms with Gasteiger partial charge in [0.15, 0.2) is 0 Å². The summed E-state index contributed by atoms with van der Waals surface area (Å²) in [7, 11) is 0. The Morgan fingerprint density at radius 2 is 2.00 bits per heavy atom. The van der Waals surface area contributed by atoms with Crippen LogP contribution in [-0.4, -0.2) is 0 Å². The molecule has 0 nitrogen and oxygen atoms in total. The van der Waals surface area contributed by atoms with Crippen molar-refractivity contribution >= 4 is 0 Å². The first-order chi connectivity index (χ1) is 4.11. The van der Waals surface area contributed by atoms with Gasteiger partial charge in [-0.15, -0.1) is 6.42 Å². The van der Waals surface area contributed by atoms with E-state index in [1.54, 1.807) is 0 Å². The first-order valence-electron chi connectivity index (χ1n) is 3.38. The van der Waals surface area contributed by atoms with E-state index in [-0.39, 0.29) is 41.7 Å². The van der Waals surface area contributed by atoms with Crippen LogP contribution in [0.15, 0.2) is 17.7 Å². The van der Waals surface area contributed by atoms with E-state index in [1.165, 1.54) is 5.57 Å². The second-order valence-electron chi connectivity index (χ2n) is 3.45. The molecule has 0 unspecified atom stereocenters. The summed E-state index contributed by atoms with van der Waals surface area (Å²) in [5, 5.41) is 0. The van der Waals surface area contributed by atoms with Crippen LogP contribution in [0, 0.1) is 53.2 Å². The summed E-state index contributed by atoms with van der Waals surface area (Å²) in [5.41, 5.74) is 1.65. The molecule has 0 N–H and O–H groups in total. The Labute approximate surface area is 97.2 Å². The summed E-state index contributed by atoms with van der Waals surface area (Å²) in [6.45, 7) is 6.64. The monoisotopic (exact) mass is 261 g/mol. The maximum absolute atomic E-state index is 3.30. The summed E-state index contributed by atoms with van der Waals surface area (Å²) in [4.78, 5) is 0. The smallest absolute Gasteiger partial charge is 0 e. The van der Waals surface area contributed by atoms with Gasteiger partial charge in [-0.1, -0.05) is 20.8 Å². The maximum Gasteiger partial charge on any atom is 0 e. The molecule has 0 aliphatic heterocycles. The molecule has 54 valence electrons. The minimum atomic E-state index is 0. The molecule has 0 saturated carbocycles. The van der Waals surface area contributed by atoms with Crippen LogP contribution in [0.4, 0.5) is 0 Å².